The molecule has 5 heteroatoms. The fourth-order valence-corrected chi connectivity index (χ4v) is 2.94. The summed E-state index contributed by atoms with van der Waals surface area (Å²) >= 11 is 0. The Hall–Kier alpha value is -1.75. The molecule has 1 aliphatic rings. The topological polar surface area (TPSA) is 67.6 Å². The number of nitrogens with two attached hydrogens (primary N) is 1. The molecule has 0 aromatic heterocycles. The molecule has 1 aromatic rings. The summed E-state index contributed by atoms with van der Waals surface area (Å²) in [5.74, 6) is 0.166. The van der Waals surface area contributed by atoms with Gasteiger partial charge < -0.3 is 20.7 Å². The van der Waals surface area contributed by atoms with Crippen molar-refractivity contribution < 1.29 is 9.53 Å². The van der Waals surface area contributed by atoms with Gasteiger partial charge in [0.2, 0.25) is 0 Å². The lowest BCUT2D eigenvalue weighted by Gasteiger charge is -2.36. The molecular formula is C16H25N3O2. The van der Waals surface area contributed by atoms with Gasteiger partial charge in [0.15, 0.2) is 0 Å². The van der Waals surface area contributed by atoms with Gasteiger partial charge >= 0.3 is 5.97 Å². The van der Waals surface area contributed by atoms with Crippen LogP contribution in [0.1, 0.15) is 29.3 Å². The predicted octanol–water partition coefficient (Wildman–Crippen LogP) is 2.12. The lowest BCUT2D eigenvalue weighted by molar-refractivity contribution is 0.0602. The van der Waals surface area contributed by atoms with E-state index in [0.29, 0.717) is 23.2 Å². The Balaban J connectivity index is 2.20. The monoisotopic (exact) mass is 291 g/mol. The molecule has 0 bridgehead atoms. The number of likely N-dealkylation sites (tertiary alicyclic amines) is 1. The van der Waals surface area contributed by atoms with Gasteiger partial charge in [-0.3, -0.25) is 0 Å². The highest BCUT2D eigenvalue weighted by Crippen LogP contribution is 2.26. The van der Waals surface area contributed by atoms with Crippen LogP contribution >= 0.6 is 0 Å². The van der Waals surface area contributed by atoms with E-state index in [1.807, 2.05) is 13.0 Å². The van der Waals surface area contributed by atoms with Crippen LogP contribution in [-0.4, -0.2) is 44.2 Å². The minimum absolute atomic E-state index is 0.393. The molecule has 0 saturated carbocycles. The number of nitrogens with one attached hydrogen (secondary N) is 1. The van der Waals surface area contributed by atoms with Gasteiger partial charge in [0.25, 0.3) is 0 Å². The molecule has 2 rings (SSSR count). The van der Waals surface area contributed by atoms with Crippen LogP contribution in [0.25, 0.3) is 0 Å². The van der Waals surface area contributed by atoms with Crippen LogP contribution in [0.15, 0.2) is 12.1 Å². The number of hydrogen-bond acceptors (Lipinski definition) is 5. The van der Waals surface area contributed by atoms with E-state index in [9.17, 15) is 4.79 Å². The van der Waals surface area contributed by atoms with Crippen LogP contribution < -0.4 is 11.1 Å². The number of ether oxygens (including phenoxy) is 1. The number of carbonyl (C=O) groups is 1. The Kier molecular flexibility index (Phi) is 4.73. The molecule has 0 spiro atoms. The molecule has 2 unspecified atom stereocenters. The van der Waals surface area contributed by atoms with Gasteiger partial charge in [-0.2, -0.15) is 0 Å². The molecule has 1 saturated heterocycles. The molecule has 5 nitrogen and oxygen atoms in total. The molecule has 0 radical (unpaired) electrons. The second-order valence-electron chi connectivity index (χ2n) is 6.02. The fourth-order valence-electron chi connectivity index (χ4n) is 2.94. The molecule has 1 aromatic carbocycles. The number of anilines is 2. The molecule has 1 aliphatic heterocycles. The molecule has 0 aliphatic carbocycles. The summed E-state index contributed by atoms with van der Waals surface area (Å²) in [6, 6.07) is 4.20. The van der Waals surface area contributed by atoms with Gasteiger partial charge in [0.1, 0.15) is 0 Å². The van der Waals surface area contributed by atoms with Gasteiger partial charge in [-0.1, -0.05) is 6.92 Å². The van der Waals surface area contributed by atoms with Crippen molar-refractivity contribution in [2.45, 2.75) is 26.3 Å². The maximum atomic E-state index is 11.8. The minimum atomic E-state index is -0.393. The third-order valence-electron chi connectivity index (χ3n) is 4.25. The zero-order valence-electron chi connectivity index (χ0n) is 13.3. The normalized spacial score (nSPS) is 22.9. The van der Waals surface area contributed by atoms with E-state index in [0.717, 1.165) is 30.8 Å². The van der Waals surface area contributed by atoms with Crippen molar-refractivity contribution in [2.24, 2.45) is 5.92 Å². The maximum Gasteiger partial charge on any atom is 0.340 e. The second-order valence-corrected chi connectivity index (χ2v) is 6.02. The van der Waals surface area contributed by atoms with Gasteiger partial charge in [-0.25, -0.2) is 4.79 Å². The Morgan fingerprint density at radius 3 is 2.81 bits per heavy atom. The lowest BCUT2D eigenvalue weighted by atomic mass is 9.93. The quantitative estimate of drug-likeness (QED) is 0.659. The predicted molar refractivity (Wildman–Crippen MR) is 85.6 cm³/mol. The first kappa shape index (κ1) is 15.6. The molecule has 116 valence electrons. The van der Waals surface area contributed by atoms with E-state index in [4.69, 9.17) is 10.5 Å². The van der Waals surface area contributed by atoms with Gasteiger partial charge in [-0.15, -0.1) is 0 Å². The zero-order valence-corrected chi connectivity index (χ0v) is 13.3. The van der Waals surface area contributed by atoms with Crippen LogP contribution in [0.4, 0.5) is 11.4 Å². The highest BCUT2D eigenvalue weighted by molar-refractivity contribution is 5.97. The number of piperidine rings is 1. The first-order chi connectivity index (χ1) is 9.92. The van der Waals surface area contributed by atoms with E-state index in [1.54, 1.807) is 6.07 Å². The highest BCUT2D eigenvalue weighted by Gasteiger charge is 2.24. The van der Waals surface area contributed by atoms with Crippen molar-refractivity contribution in [2.75, 3.05) is 38.3 Å². The number of aryl methyl sites for hydroxylation is 1. The molecule has 1 fully saturated rings. The van der Waals surface area contributed by atoms with E-state index in [2.05, 4.69) is 24.2 Å². The first-order valence-corrected chi connectivity index (χ1v) is 7.36. The van der Waals surface area contributed by atoms with Gasteiger partial charge in [0.05, 0.1) is 12.7 Å². The van der Waals surface area contributed by atoms with E-state index in [1.165, 1.54) is 7.11 Å². The Morgan fingerprint density at radius 2 is 2.19 bits per heavy atom. The third kappa shape index (κ3) is 3.47. The number of benzene rings is 1. The van der Waals surface area contributed by atoms with Crippen LogP contribution in [-0.2, 0) is 4.74 Å². The van der Waals surface area contributed by atoms with Gasteiger partial charge in [-0.05, 0) is 50.6 Å². The van der Waals surface area contributed by atoms with Crippen LogP contribution in [0.2, 0.25) is 0 Å². The van der Waals surface area contributed by atoms with Crippen molar-refractivity contribution in [3.05, 3.63) is 23.3 Å². The van der Waals surface area contributed by atoms with Crippen LogP contribution in [0, 0.1) is 12.8 Å². The maximum absolute atomic E-state index is 11.8. The van der Waals surface area contributed by atoms with Crippen LogP contribution in [0.5, 0.6) is 0 Å². The molecule has 2 atom stereocenters. The van der Waals surface area contributed by atoms with E-state index in [-0.39, 0.29) is 0 Å². The summed E-state index contributed by atoms with van der Waals surface area (Å²) in [5.41, 5.74) is 8.72. The first-order valence-electron chi connectivity index (χ1n) is 7.36. The lowest BCUT2D eigenvalue weighted by Crippen LogP contribution is -2.43. The number of rotatable bonds is 3. The van der Waals surface area contributed by atoms with Crippen molar-refractivity contribution in [3.63, 3.8) is 0 Å². The minimum Gasteiger partial charge on any atom is -0.465 e. The summed E-state index contributed by atoms with van der Waals surface area (Å²) in [5, 5.41) is 3.55. The molecule has 21 heavy (non-hydrogen) atoms. The van der Waals surface area contributed by atoms with E-state index >= 15 is 0 Å². The van der Waals surface area contributed by atoms with Crippen molar-refractivity contribution in [3.8, 4) is 0 Å². The standard InChI is InChI=1S/C16H25N3O2/c1-10-7-12(8-13(15(10)17)16(20)21-4)18-14-5-6-19(3)9-11(14)2/h7-8,11,14,18H,5-6,9,17H2,1-4H3. The van der Waals surface area contributed by atoms with Crippen molar-refractivity contribution >= 4 is 17.3 Å². The molecule has 1 heterocycles. The number of methoxy groups -OCH3 is 1. The average molecular weight is 291 g/mol. The summed E-state index contributed by atoms with van der Waals surface area (Å²) in [6.07, 6.45) is 1.09. The second kappa shape index (κ2) is 6.35. The highest BCUT2D eigenvalue weighted by atomic mass is 16.5. The fraction of sp³-hybridized carbons (Fsp3) is 0.562. The summed E-state index contributed by atoms with van der Waals surface area (Å²) in [4.78, 5) is 14.1. The SMILES string of the molecule is COC(=O)c1cc(NC2CCN(C)CC2C)cc(C)c1N. The summed E-state index contributed by atoms with van der Waals surface area (Å²) in [7, 11) is 3.52. The van der Waals surface area contributed by atoms with E-state index < -0.39 is 5.97 Å². The number of nitrogen functional groups attached to an aromatic ring is 1. The number of esters is 1. The molecule has 3 N–H and O–H groups in total. The third-order valence-corrected chi connectivity index (χ3v) is 4.25. The smallest absolute Gasteiger partial charge is 0.340 e. The molecule has 0 amide bonds. The summed E-state index contributed by atoms with van der Waals surface area (Å²) in [6.45, 7) is 6.32. The van der Waals surface area contributed by atoms with Crippen molar-refractivity contribution in [1.29, 1.82) is 0 Å². The summed E-state index contributed by atoms with van der Waals surface area (Å²) < 4.78 is 4.80. The number of nitrogens with zero attached hydrogens (tertiary/aromatic N) is 1. The Bertz CT molecular complexity index is 530. The molecular weight excluding hydrogens is 266 g/mol. The number of hydrogen-bond donors (Lipinski definition) is 2. The van der Waals surface area contributed by atoms with Crippen LogP contribution in [0.3, 0.4) is 0 Å². The zero-order chi connectivity index (χ0) is 15.6. The average Bonchev–Trinajstić information content (AvgIpc) is 2.44. The van der Waals surface area contributed by atoms with Crippen molar-refractivity contribution in [1.82, 2.24) is 4.90 Å². The Morgan fingerprint density at radius 1 is 1.48 bits per heavy atom. The Labute approximate surface area is 126 Å². The van der Waals surface area contributed by atoms with Gasteiger partial charge in [0, 0.05) is 24.0 Å². The largest absolute Gasteiger partial charge is 0.465 e. The number of carbonyl (C=O) groups excluding carboxylic acids is 1.